The minimum Gasteiger partial charge on any atom is -0.495 e. The van der Waals surface area contributed by atoms with Crippen LogP contribution in [0.15, 0.2) is 16.7 Å². The van der Waals surface area contributed by atoms with E-state index in [1.54, 1.807) is 13.3 Å². The Morgan fingerprint density at radius 2 is 2.35 bits per heavy atom. The lowest BCUT2D eigenvalue weighted by molar-refractivity contribution is 0.0397. The molecule has 3 rings (SSSR count). The molecule has 0 aliphatic carbocycles. The van der Waals surface area contributed by atoms with E-state index in [9.17, 15) is 4.79 Å². The third-order valence-electron chi connectivity index (χ3n) is 3.73. The van der Waals surface area contributed by atoms with Gasteiger partial charge in [-0.15, -0.1) is 0 Å². The monoisotopic (exact) mass is 341 g/mol. The predicted molar refractivity (Wildman–Crippen MR) is 77.2 cm³/mol. The summed E-state index contributed by atoms with van der Waals surface area (Å²) in [6, 6.07) is 2.12. The van der Waals surface area contributed by atoms with Crippen LogP contribution in [-0.4, -0.2) is 55.4 Å². The second-order valence-electron chi connectivity index (χ2n) is 4.88. The van der Waals surface area contributed by atoms with Crippen molar-refractivity contribution in [3.63, 3.8) is 0 Å². The Morgan fingerprint density at radius 1 is 1.50 bits per heavy atom. The van der Waals surface area contributed by atoms with Crippen molar-refractivity contribution in [2.75, 3.05) is 38.3 Å². The van der Waals surface area contributed by atoms with Crippen LogP contribution in [0.3, 0.4) is 0 Å². The van der Waals surface area contributed by atoms with Crippen LogP contribution in [-0.2, 0) is 4.74 Å². The number of fused-ring (bicyclic) bond motifs is 1. The van der Waals surface area contributed by atoms with Crippen molar-refractivity contribution in [1.82, 2.24) is 9.88 Å². The number of hydrogen-bond donors (Lipinski definition) is 0. The van der Waals surface area contributed by atoms with Crippen LogP contribution >= 0.6 is 15.9 Å². The molecule has 2 aliphatic heterocycles. The second kappa shape index (κ2) is 5.47. The second-order valence-corrected chi connectivity index (χ2v) is 5.73. The first-order chi connectivity index (χ1) is 9.69. The maximum absolute atomic E-state index is 11.7. The summed E-state index contributed by atoms with van der Waals surface area (Å²) in [6.45, 7) is 2.71. The molecule has 0 bridgehead atoms. The van der Waals surface area contributed by atoms with Gasteiger partial charge in [-0.1, -0.05) is 0 Å². The van der Waals surface area contributed by atoms with Gasteiger partial charge in [0.1, 0.15) is 11.6 Å². The molecule has 2 fully saturated rings. The van der Waals surface area contributed by atoms with Crippen LogP contribution < -0.4 is 9.64 Å². The standard InChI is InChI=1S/C13H16BrN3O3/c1-19-10-6-11(14)12(15-7-10)16-3-4-17-9(8-16)2-5-20-13(17)18/h6-7,9H,2-5,8H2,1H3. The number of piperazine rings is 1. The normalized spacial score (nSPS) is 22.3. The largest absolute Gasteiger partial charge is 0.495 e. The third kappa shape index (κ3) is 2.42. The third-order valence-corrected chi connectivity index (χ3v) is 4.31. The van der Waals surface area contributed by atoms with E-state index >= 15 is 0 Å². The fourth-order valence-electron chi connectivity index (χ4n) is 2.66. The van der Waals surface area contributed by atoms with E-state index in [1.165, 1.54) is 0 Å². The Hall–Kier alpha value is -1.50. The Kier molecular flexibility index (Phi) is 3.69. The summed E-state index contributed by atoms with van der Waals surface area (Å²) in [7, 11) is 1.62. The van der Waals surface area contributed by atoms with Crippen LogP contribution in [0, 0.1) is 0 Å². The van der Waals surface area contributed by atoms with Crippen molar-refractivity contribution in [1.29, 1.82) is 0 Å². The van der Waals surface area contributed by atoms with Crippen molar-refractivity contribution >= 4 is 27.8 Å². The van der Waals surface area contributed by atoms with E-state index in [1.807, 2.05) is 11.0 Å². The number of carbonyl (C=O) groups excluding carboxylic acids is 1. The number of aromatic nitrogens is 1. The minimum atomic E-state index is -0.192. The Morgan fingerprint density at radius 3 is 3.10 bits per heavy atom. The lowest BCUT2D eigenvalue weighted by Gasteiger charge is -2.43. The average Bonchev–Trinajstić information content (AvgIpc) is 2.47. The molecule has 6 nitrogen and oxygen atoms in total. The summed E-state index contributed by atoms with van der Waals surface area (Å²) in [5, 5.41) is 0. The van der Waals surface area contributed by atoms with Gasteiger partial charge in [0.25, 0.3) is 0 Å². The van der Waals surface area contributed by atoms with Crippen molar-refractivity contribution < 1.29 is 14.3 Å². The van der Waals surface area contributed by atoms with Crippen molar-refractivity contribution in [2.45, 2.75) is 12.5 Å². The van der Waals surface area contributed by atoms with E-state index in [0.29, 0.717) is 13.2 Å². The van der Waals surface area contributed by atoms with Crippen LogP contribution in [0.5, 0.6) is 5.75 Å². The topological polar surface area (TPSA) is 54.9 Å². The molecule has 1 atom stereocenters. The first-order valence-corrected chi connectivity index (χ1v) is 7.36. The molecule has 108 valence electrons. The van der Waals surface area contributed by atoms with Crippen LogP contribution in [0.4, 0.5) is 10.6 Å². The maximum atomic E-state index is 11.7. The van der Waals surface area contributed by atoms with Gasteiger partial charge in [0, 0.05) is 26.1 Å². The molecule has 7 heteroatoms. The molecule has 0 saturated carbocycles. The number of anilines is 1. The summed E-state index contributed by atoms with van der Waals surface area (Å²) in [5.41, 5.74) is 0. The predicted octanol–water partition coefficient (Wildman–Crippen LogP) is 1.88. The first-order valence-electron chi connectivity index (χ1n) is 6.57. The lowest BCUT2D eigenvalue weighted by Crippen LogP contribution is -2.58. The quantitative estimate of drug-likeness (QED) is 0.822. The average molecular weight is 342 g/mol. The summed E-state index contributed by atoms with van der Waals surface area (Å²) < 4.78 is 11.1. The number of cyclic esters (lactones) is 1. The van der Waals surface area contributed by atoms with E-state index in [2.05, 4.69) is 25.8 Å². The maximum Gasteiger partial charge on any atom is 0.410 e. The molecule has 2 saturated heterocycles. The van der Waals surface area contributed by atoms with Crippen molar-refractivity contribution in [3.8, 4) is 5.75 Å². The van der Waals surface area contributed by atoms with Crippen LogP contribution in [0.2, 0.25) is 0 Å². The molecule has 1 aromatic rings. The number of ether oxygens (including phenoxy) is 2. The van der Waals surface area contributed by atoms with Gasteiger partial charge in [-0.05, 0) is 22.0 Å². The number of methoxy groups -OCH3 is 1. The number of halogens is 1. The molecule has 1 amide bonds. The molecule has 0 N–H and O–H groups in total. The number of nitrogens with zero attached hydrogens (tertiary/aromatic N) is 3. The molecule has 1 aromatic heterocycles. The highest BCUT2D eigenvalue weighted by Crippen LogP contribution is 2.30. The first kappa shape index (κ1) is 13.5. The number of pyridine rings is 1. The Labute approximate surface area is 125 Å². The zero-order chi connectivity index (χ0) is 14.1. The van der Waals surface area contributed by atoms with Gasteiger partial charge in [0.05, 0.1) is 30.4 Å². The summed E-state index contributed by atoms with van der Waals surface area (Å²) in [4.78, 5) is 20.1. The van der Waals surface area contributed by atoms with E-state index in [4.69, 9.17) is 9.47 Å². The highest BCUT2D eigenvalue weighted by atomic mass is 79.9. The highest BCUT2D eigenvalue weighted by Gasteiger charge is 2.35. The molecular formula is C13H16BrN3O3. The van der Waals surface area contributed by atoms with E-state index in [-0.39, 0.29) is 12.1 Å². The number of carbonyl (C=O) groups is 1. The number of rotatable bonds is 2. The SMILES string of the molecule is COc1cnc(N2CCN3C(=O)OCCC3C2)c(Br)c1. The highest BCUT2D eigenvalue weighted by molar-refractivity contribution is 9.10. The van der Waals surface area contributed by atoms with Crippen LogP contribution in [0.25, 0.3) is 0 Å². The van der Waals surface area contributed by atoms with Gasteiger partial charge in [-0.3, -0.25) is 0 Å². The summed E-state index contributed by atoms with van der Waals surface area (Å²) >= 11 is 3.53. The molecule has 0 aromatic carbocycles. The Balaban J connectivity index is 1.77. The van der Waals surface area contributed by atoms with Gasteiger partial charge in [-0.2, -0.15) is 0 Å². The number of hydrogen-bond acceptors (Lipinski definition) is 5. The molecule has 1 unspecified atom stereocenters. The Bertz CT molecular complexity index is 526. The summed E-state index contributed by atoms with van der Waals surface area (Å²) in [6.07, 6.45) is 2.39. The number of amides is 1. The molecule has 20 heavy (non-hydrogen) atoms. The van der Waals surface area contributed by atoms with Crippen molar-refractivity contribution in [3.05, 3.63) is 16.7 Å². The molecule has 0 radical (unpaired) electrons. The molecule has 0 spiro atoms. The van der Waals surface area contributed by atoms with Crippen LogP contribution in [0.1, 0.15) is 6.42 Å². The fraction of sp³-hybridized carbons (Fsp3) is 0.538. The zero-order valence-electron chi connectivity index (χ0n) is 11.2. The zero-order valence-corrected chi connectivity index (χ0v) is 12.8. The van der Waals surface area contributed by atoms with Gasteiger partial charge in [0.2, 0.25) is 0 Å². The van der Waals surface area contributed by atoms with Gasteiger partial charge >= 0.3 is 6.09 Å². The van der Waals surface area contributed by atoms with E-state index in [0.717, 1.165) is 35.6 Å². The summed E-state index contributed by atoms with van der Waals surface area (Å²) in [5.74, 6) is 1.62. The molecular weight excluding hydrogens is 326 g/mol. The minimum absolute atomic E-state index is 0.192. The fourth-order valence-corrected chi connectivity index (χ4v) is 3.24. The lowest BCUT2D eigenvalue weighted by atomic mass is 10.1. The molecule has 3 heterocycles. The van der Waals surface area contributed by atoms with Gasteiger partial charge in [-0.25, -0.2) is 9.78 Å². The van der Waals surface area contributed by atoms with Crippen molar-refractivity contribution in [2.24, 2.45) is 0 Å². The van der Waals surface area contributed by atoms with E-state index < -0.39 is 0 Å². The van der Waals surface area contributed by atoms with Gasteiger partial charge in [0.15, 0.2) is 0 Å². The molecule has 2 aliphatic rings. The smallest absolute Gasteiger partial charge is 0.410 e. The van der Waals surface area contributed by atoms with Gasteiger partial charge < -0.3 is 19.3 Å².